The molecule has 1 heterocycles. The third-order valence-electron chi connectivity index (χ3n) is 4.44. The Balaban J connectivity index is 2.14. The number of para-hydroxylation sites is 1. The maximum absolute atomic E-state index is 12.4. The molecule has 0 aromatic heterocycles. The molecule has 1 aliphatic rings. The van der Waals surface area contributed by atoms with E-state index in [9.17, 15) is 9.59 Å². The quantitative estimate of drug-likeness (QED) is 0.625. The average molecular weight is 352 g/mol. The van der Waals surface area contributed by atoms with E-state index in [1.54, 1.807) is 0 Å². The van der Waals surface area contributed by atoms with E-state index in [4.69, 9.17) is 14.2 Å². The minimum Gasteiger partial charge on any atom is -0.489 e. The van der Waals surface area contributed by atoms with Crippen LogP contribution < -0.4 is 4.74 Å². The molecule has 2 aromatic rings. The predicted octanol–water partition coefficient (Wildman–Crippen LogP) is 3.21. The fraction of sp³-hybridized carbons (Fsp3) is 0.238. The minimum absolute atomic E-state index is 0.279. The van der Waals surface area contributed by atoms with E-state index in [0.29, 0.717) is 5.75 Å². The van der Waals surface area contributed by atoms with Crippen molar-refractivity contribution >= 4 is 18.0 Å². The zero-order chi connectivity index (χ0) is 18.5. The fourth-order valence-electron chi connectivity index (χ4n) is 3.23. The zero-order valence-electron chi connectivity index (χ0n) is 14.7. The summed E-state index contributed by atoms with van der Waals surface area (Å²) >= 11 is 0. The highest BCUT2D eigenvalue weighted by atomic mass is 16.5. The number of hydrogen-bond acceptors (Lipinski definition) is 5. The number of hydrogen-bond donors (Lipinski definition) is 0. The molecular weight excluding hydrogens is 332 g/mol. The number of carbonyl (C=O) groups excluding carboxylic acids is 2. The van der Waals surface area contributed by atoms with Crippen LogP contribution in [0.25, 0.3) is 6.08 Å². The molecule has 1 unspecified atom stereocenters. The lowest BCUT2D eigenvalue weighted by atomic mass is 9.78. The number of benzene rings is 2. The van der Waals surface area contributed by atoms with Crippen LogP contribution >= 0.6 is 0 Å². The molecule has 26 heavy (non-hydrogen) atoms. The Morgan fingerprint density at radius 1 is 1.00 bits per heavy atom. The Bertz CT molecular complexity index is 809. The summed E-state index contributed by atoms with van der Waals surface area (Å²) in [6.45, 7) is 0.279. The lowest BCUT2D eigenvalue weighted by Crippen LogP contribution is -2.36. The van der Waals surface area contributed by atoms with E-state index in [1.807, 2.05) is 60.7 Å². The van der Waals surface area contributed by atoms with Crippen LogP contribution in [0.1, 0.15) is 17.0 Å². The molecule has 0 N–H and O–H groups in total. The Morgan fingerprint density at radius 2 is 1.62 bits per heavy atom. The number of esters is 2. The molecule has 0 bridgehead atoms. The highest BCUT2D eigenvalue weighted by Gasteiger charge is 2.42. The highest BCUT2D eigenvalue weighted by molar-refractivity contribution is 5.97. The first-order valence-electron chi connectivity index (χ1n) is 8.28. The summed E-state index contributed by atoms with van der Waals surface area (Å²) in [4.78, 5) is 24.9. The van der Waals surface area contributed by atoms with Gasteiger partial charge in [-0.3, -0.25) is 9.59 Å². The van der Waals surface area contributed by atoms with E-state index < -0.39 is 23.8 Å². The van der Waals surface area contributed by atoms with Gasteiger partial charge in [-0.15, -0.1) is 0 Å². The minimum atomic E-state index is -1.09. The van der Waals surface area contributed by atoms with Crippen molar-refractivity contribution in [2.24, 2.45) is 5.92 Å². The van der Waals surface area contributed by atoms with Gasteiger partial charge >= 0.3 is 11.9 Å². The average Bonchev–Trinajstić information content (AvgIpc) is 2.69. The van der Waals surface area contributed by atoms with E-state index in [2.05, 4.69) is 0 Å². The lowest BCUT2D eigenvalue weighted by molar-refractivity contribution is -0.159. The van der Waals surface area contributed by atoms with Crippen molar-refractivity contribution in [3.63, 3.8) is 0 Å². The van der Waals surface area contributed by atoms with Gasteiger partial charge in [0.15, 0.2) is 5.92 Å². The SMILES string of the molecule is COC(=O)C(C(=O)OC)C1/C(=C/c2ccccc2)COc2ccccc21. The molecule has 5 heteroatoms. The van der Waals surface area contributed by atoms with Gasteiger partial charge in [-0.25, -0.2) is 0 Å². The molecule has 0 saturated carbocycles. The third kappa shape index (κ3) is 3.47. The number of ether oxygens (including phenoxy) is 3. The molecule has 0 amide bonds. The zero-order valence-corrected chi connectivity index (χ0v) is 14.7. The molecule has 1 aliphatic heterocycles. The molecular formula is C21H20O5. The first-order valence-corrected chi connectivity index (χ1v) is 8.28. The number of fused-ring (bicyclic) bond motifs is 1. The van der Waals surface area contributed by atoms with Gasteiger partial charge in [0.2, 0.25) is 0 Å². The Hall–Kier alpha value is -3.08. The van der Waals surface area contributed by atoms with Crippen molar-refractivity contribution in [1.82, 2.24) is 0 Å². The van der Waals surface area contributed by atoms with Gasteiger partial charge in [0.1, 0.15) is 12.4 Å². The van der Waals surface area contributed by atoms with Crippen LogP contribution in [-0.2, 0) is 19.1 Å². The van der Waals surface area contributed by atoms with Crippen molar-refractivity contribution in [2.75, 3.05) is 20.8 Å². The lowest BCUT2D eigenvalue weighted by Gasteiger charge is -2.32. The monoisotopic (exact) mass is 352 g/mol. The normalized spacial score (nSPS) is 17.3. The van der Waals surface area contributed by atoms with Crippen molar-refractivity contribution in [3.8, 4) is 5.75 Å². The third-order valence-corrected chi connectivity index (χ3v) is 4.44. The summed E-state index contributed by atoms with van der Waals surface area (Å²) in [7, 11) is 2.54. The van der Waals surface area contributed by atoms with Gasteiger partial charge in [0.05, 0.1) is 14.2 Å². The van der Waals surface area contributed by atoms with Crippen molar-refractivity contribution in [3.05, 3.63) is 71.3 Å². The summed E-state index contributed by atoms with van der Waals surface area (Å²) in [5.74, 6) is -2.21. The van der Waals surface area contributed by atoms with Crippen LogP contribution in [-0.4, -0.2) is 32.8 Å². The summed E-state index contributed by atoms with van der Waals surface area (Å²) in [5, 5.41) is 0. The van der Waals surface area contributed by atoms with Crippen LogP contribution in [0.5, 0.6) is 5.75 Å². The molecule has 0 radical (unpaired) electrons. The van der Waals surface area contributed by atoms with Gasteiger partial charge in [0, 0.05) is 11.5 Å². The van der Waals surface area contributed by atoms with Crippen LogP contribution in [0.15, 0.2) is 60.2 Å². The molecule has 3 rings (SSSR count). The molecule has 1 atom stereocenters. The second kappa shape index (κ2) is 7.87. The van der Waals surface area contributed by atoms with Crippen LogP contribution in [0.2, 0.25) is 0 Å². The summed E-state index contributed by atoms with van der Waals surface area (Å²) in [5.41, 5.74) is 2.54. The number of methoxy groups -OCH3 is 2. The second-order valence-electron chi connectivity index (χ2n) is 5.96. The maximum Gasteiger partial charge on any atom is 0.321 e. The maximum atomic E-state index is 12.4. The van der Waals surface area contributed by atoms with Gasteiger partial charge < -0.3 is 14.2 Å². The predicted molar refractivity (Wildman–Crippen MR) is 96.6 cm³/mol. The molecule has 0 saturated heterocycles. The van der Waals surface area contributed by atoms with Crippen molar-refractivity contribution in [1.29, 1.82) is 0 Å². The molecule has 134 valence electrons. The van der Waals surface area contributed by atoms with Gasteiger partial charge in [-0.1, -0.05) is 54.6 Å². The largest absolute Gasteiger partial charge is 0.489 e. The summed E-state index contributed by atoms with van der Waals surface area (Å²) in [6.07, 6.45) is 1.94. The first-order chi connectivity index (χ1) is 12.7. The first kappa shape index (κ1) is 17.7. The Kier molecular flexibility index (Phi) is 5.37. The number of carbonyl (C=O) groups is 2. The van der Waals surface area contributed by atoms with Crippen molar-refractivity contribution in [2.45, 2.75) is 5.92 Å². The second-order valence-corrected chi connectivity index (χ2v) is 5.96. The van der Waals surface area contributed by atoms with Crippen molar-refractivity contribution < 1.29 is 23.8 Å². The highest BCUT2D eigenvalue weighted by Crippen LogP contribution is 2.43. The molecule has 0 aliphatic carbocycles. The van der Waals surface area contributed by atoms with Crippen LogP contribution in [0.3, 0.4) is 0 Å². The van der Waals surface area contributed by atoms with Crippen LogP contribution in [0.4, 0.5) is 0 Å². The number of rotatable bonds is 4. The summed E-state index contributed by atoms with van der Waals surface area (Å²) in [6, 6.07) is 17.1. The van der Waals surface area contributed by atoms with Gasteiger partial charge in [0.25, 0.3) is 0 Å². The van der Waals surface area contributed by atoms with E-state index in [0.717, 1.165) is 16.7 Å². The molecule has 2 aromatic carbocycles. The molecule has 5 nitrogen and oxygen atoms in total. The van der Waals surface area contributed by atoms with Gasteiger partial charge in [-0.2, -0.15) is 0 Å². The smallest absolute Gasteiger partial charge is 0.321 e. The van der Waals surface area contributed by atoms with E-state index in [1.165, 1.54) is 14.2 Å². The Morgan fingerprint density at radius 3 is 2.27 bits per heavy atom. The topological polar surface area (TPSA) is 61.8 Å². The standard InChI is InChI=1S/C21H20O5/c1-24-20(22)19(21(23)25-2)18-15(12-14-8-4-3-5-9-14)13-26-17-11-7-6-10-16(17)18/h3-12,18-19H,13H2,1-2H3/b15-12+. The van der Waals surface area contributed by atoms with E-state index in [-0.39, 0.29) is 6.61 Å². The summed E-state index contributed by atoms with van der Waals surface area (Å²) < 4.78 is 15.6. The Labute approximate surface area is 152 Å². The fourth-order valence-corrected chi connectivity index (χ4v) is 3.23. The van der Waals surface area contributed by atoms with Gasteiger partial charge in [-0.05, 0) is 17.2 Å². The van der Waals surface area contributed by atoms with E-state index >= 15 is 0 Å². The van der Waals surface area contributed by atoms with Crippen LogP contribution in [0, 0.1) is 5.92 Å². The molecule has 0 spiro atoms. The molecule has 0 fully saturated rings.